The first-order chi connectivity index (χ1) is 12.7. The average molecular weight is 369 g/mol. The highest BCUT2D eigenvalue weighted by Gasteiger charge is 2.13. The van der Waals surface area contributed by atoms with Crippen LogP contribution in [-0.2, 0) is 6.54 Å². The van der Waals surface area contributed by atoms with Crippen LogP contribution in [0.4, 0.5) is 17.5 Å². The summed E-state index contributed by atoms with van der Waals surface area (Å²) in [6.45, 7) is 2.82. The number of aryl methyl sites for hydroxylation is 1. The Kier molecular flexibility index (Phi) is 4.50. The summed E-state index contributed by atoms with van der Waals surface area (Å²) in [5.41, 5.74) is 2.78. The first kappa shape index (κ1) is 16.5. The lowest BCUT2D eigenvalue weighted by Crippen LogP contribution is -2.05. The summed E-state index contributed by atoms with van der Waals surface area (Å²) in [6, 6.07) is 15.2. The van der Waals surface area contributed by atoms with E-state index >= 15 is 0 Å². The molecule has 0 bridgehead atoms. The van der Waals surface area contributed by atoms with Crippen molar-refractivity contribution in [1.29, 1.82) is 0 Å². The Morgan fingerprint density at radius 3 is 2.81 bits per heavy atom. The third-order valence-corrected chi connectivity index (χ3v) is 4.08. The second kappa shape index (κ2) is 7.09. The number of hydrogen-bond donors (Lipinski definition) is 2. The second-order valence-electron chi connectivity index (χ2n) is 5.89. The van der Waals surface area contributed by atoms with Crippen molar-refractivity contribution in [3.63, 3.8) is 0 Å². The zero-order valence-corrected chi connectivity index (χ0v) is 14.9. The van der Waals surface area contributed by atoms with E-state index in [0.717, 1.165) is 34.3 Å². The number of ether oxygens (including phenoxy) is 2. The molecule has 0 radical (unpaired) electrons. The van der Waals surface area contributed by atoms with Crippen molar-refractivity contribution in [3.8, 4) is 11.5 Å². The minimum atomic E-state index is 0.274. The molecule has 0 spiro atoms. The first-order valence-corrected chi connectivity index (χ1v) is 8.54. The van der Waals surface area contributed by atoms with Crippen LogP contribution in [0, 0.1) is 6.92 Å². The third-order valence-electron chi connectivity index (χ3n) is 3.85. The summed E-state index contributed by atoms with van der Waals surface area (Å²) in [7, 11) is 0. The van der Waals surface area contributed by atoms with Crippen LogP contribution in [0.3, 0.4) is 0 Å². The summed E-state index contributed by atoms with van der Waals surface area (Å²) in [6.07, 6.45) is 0. The zero-order chi connectivity index (χ0) is 17.9. The fourth-order valence-electron chi connectivity index (χ4n) is 2.65. The predicted octanol–water partition coefficient (Wildman–Crippen LogP) is 4.52. The lowest BCUT2D eigenvalue weighted by Gasteiger charge is -2.10. The van der Waals surface area contributed by atoms with Crippen molar-refractivity contribution in [2.45, 2.75) is 13.5 Å². The lowest BCUT2D eigenvalue weighted by atomic mass is 10.2. The number of aromatic nitrogens is 2. The van der Waals surface area contributed by atoms with Crippen molar-refractivity contribution >= 4 is 29.1 Å². The van der Waals surface area contributed by atoms with Gasteiger partial charge in [-0.15, -0.1) is 0 Å². The maximum absolute atomic E-state index is 6.02. The smallest absolute Gasteiger partial charge is 0.231 e. The van der Waals surface area contributed by atoms with E-state index in [2.05, 4.69) is 20.6 Å². The van der Waals surface area contributed by atoms with Crippen LogP contribution in [0.15, 0.2) is 48.5 Å². The van der Waals surface area contributed by atoms with E-state index in [1.165, 1.54) is 0 Å². The van der Waals surface area contributed by atoms with Gasteiger partial charge in [-0.05, 0) is 42.8 Å². The van der Waals surface area contributed by atoms with E-state index in [9.17, 15) is 0 Å². The van der Waals surface area contributed by atoms with Gasteiger partial charge in [-0.3, -0.25) is 0 Å². The van der Waals surface area contributed by atoms with Crippen LogP contribution in [0.1, 0.15) is 11.3 Å². The fourth-order valence-corrected chi connectivity index (χ4v) is 2.84. The molecule has 4 rings (SSSR count). The number of rotatable bonds is 5. The average Bonchev–Trinajstić information content (AvgIpc) is 3.07. The summed E-state index contributed by atoms with van der Waals surface area (Å²) in [5.74, 6) is 2.80. The Hall–Kier alpha value is -2.99. The molecular weight excluding hydrogens is 352 g/mol. The lowest BCUT2D eigenvalue weighted by molar-refractivity contribution is 0.174. The molecule has 2 N–H and O–H groups in total. The van der Waals surface area contributed by atoms with E-state index in [1.807, 2.05) is 55.5 Å². The summed E-state index contributed by atoms with van der Waals surface area (Å²) >= 11 is 6.02. The molecule has 0 atom stereocenters. The third kappa shape index (κ3) is 3.81. The SMILES string of the molecule is Cc1cc(NCc2ccc3c(c2)OCO3)nc(Nc2cccc(Cl)c2)n1. The van der Waals surface area contributed by atoms with Gasteiger partial charge in [0.05, 0.1) is 0 Å². The molecule has 0 saturated carbocycles. The Bertz CT molecular complexity index is 949. The number of hydrogen-bond acceptors (Lipinski definition) is 6. The van der Waals surface area contributed by atoms with Gasteiger partial charge in [0.15, 0.2) is 11.5 Å². The quantitative estimate of drug-likeness (QED) is 0.690. The molecule has 2 aromatic carbocycles. The number of anilines is 3. The molecule has 3 aromatic rings. The highest BCUT2D eigenvalue weighted by molar-refractivity contribution is 6.30. The van der Waals surface area contributed by atoms with Crippen molar-refractivity contribution in [1.82, 2.24) is 9.97 Å². The number of halogens is 1. The summed E-state index contributed by atoms with van der Waals surface area (Å²) in [4.78, 5) is 8.93. The second-order valence-corrected chi connectivity index (χ2v) is 6.33. The maximum Gasteiger partial charge on any atom is 0.231 e. The molecular formula is C19H17ClN4O2. The molecule has 1 aliphatic rings. The number of fused-ring (bicyclic) bond motifs is 1. The minimum Gasteiger partial charge on any atom is -0.454 e. The van der Waals surface area contributed by atoms with E-state index in [-0.39, 0.29) is 6.79 Å². The van der Waals surface area contributed by atoms with Gasteiger partial charge in [-0.25, -0.2) is 4.98 Å². The standard InChI is InChI=1S/C19H17ClN4O2/c1-12-7-18(21-10-13-5-6-16-17(8-13)26-11-25-16)24-19(22-12)23-15-4-2-3-14(20)9-15/h2-9H,10-11H2,1H3,(H2,21,22,23,24). The van der Waals surface area contributed by atoms with Crippen molar-refractivity contribution < 1.29 is 9.47 Å². The van der Waals surface area contributed by atoms with Gasteiger partial charge in [0.25, 0.3) is 0 Å². The Morgan fingerprint density at radius 1 is 1.04 bits per heavy atom. The molecule has 1 aromatic heterocycles. The maximum atomic E-state index is 6.02. The van der Waals surface area contributed by atoms with Crippen LogP contribution in [0.5, 0.6) is 11.5 Å². The van der Waals surface area contributed by atoms with Gasteiger partial charge in [0.2, 0.25) is 12.7 Å². The van der Waals surface area contributed by atoms with Crippen LogP contribution < -0.4 is 20.1 Å². The summed E-state index contributed by atoms with van der Waals surface area (Å²) < 4.78 is 10.7. The normalized spacial score (nSPS) is 12.1. The van der Waals surface area contributed by atoms with Crippen LogP contribution in [-0.4, -0.2) is 16.8 Å². The van der Waals surface area contributed by atoms with Crippen LogP contribution in [0.2, 0.25) is 5.02 Å². The predicted molar refractivity (Wildman–Crippen MR) is 101 cm³/mol. The number of benzene rings is 2. The Balaban J connectivity index is 1.47. The fraction of sp³-hybridized carbons (Fsp3) is 0.158. The van der Waals surface area contributed by atoms with Gasteiger partial charge >= 0.3 is 0 Å². The van der Waals surface area contributed by atoms with E-state index < -0.39 is 0 Å². The van der Waals surface area contributed by atoms with Crippen molar-refractivity contribution in [3.05, 3.63) is 64.8 Å². The van der Waals surface area contributed by atoms with Gasteiger partial charge in [-0.2, -0.15) is 4.98 Å². The molecule has 26 heavy (non-hydrogen) atoms. The number of nitrogens with zero attached hydrogens (tertiary/aromatic N) is 2. The topological polar surface area (TPSA) is 68.3 Å². The van der Waals surface area contributed by atoms with Gasteiger partial charge < -0.3 is 20.1 Å². The van der Waals surface area contributed by atoms with Crippen molar-refractivity contribution in [2.24, 2.45) is 0 Å². The Morgan fingerprint density at radius 2 is 1.92 bits per heavy atom. The molecule has 0 unspecified atom stereocenters. The largest absolute Gasteiger partial charge is 0.454 e. The van der Waals surface area contributed by atoms with Crippen LogP contribution >= 0.6 is 11.6 Å². The molecule has 0 amide bonds. The Labute approximate surface area is 156 Å². The van der Waals surface area contributed by atoms with E-state index in [4.69, 9.17) is 21.1 Å². The van der Waals surface area contributed by atoms with Crippen LogP contribution in [0.25, 0.3) is 0 Å². The minimum absolute atomic E-state index is 0.274. The molecule has 2 heterocycles. The molecule has 0 fully saturated rings. The molecule has 6 nitrogen and oxygen atoms in total. The van der Waals surface area contributed by atoms with Gasteiger partial charge in [0.1, 0.15) is 5.82 Å². The molecule has 0 saturated heterocycles. The first-order valence-electron chi connectivity index (χ1n) is 8.16. The molecule has 1 aliphatic heterocycles. The van der Waals surface area contributed by atoms with Gasteiger partial charge in [-0.1, -0.05) is 23.7 Å². The van der Waals surface area contributed by atoms with E-state index in [1.54, 1.807) is 0 Å². The summed E-state index contributed by atoms with van der Waals surface area (Å²) in [5, 5.41) is 7.15. The molecule has 132 valence electrons. The highest BCUT2D eigenvalue weighted by Crippen LogP contribution is 2.32. The molecule has 0 aliphatic carbocycles. The van der Waals surface area contributed by atoms with Crippen molar-refractivity contribution in [2.75, 3.05) is 17.4 Å². The molecule has 7 heteroatoms. The van der Waals surface area contributed by atoms with Gasteiger partial charge in [0, 0.05) is 29.0 Å². The zero-order valence-electron chi connectivity index (χ0n) is 14.1. The highest BCUT2D eigenvalue weighted by atomic mass is 35.5. The van der Waals surface area contributed by atoms with E-state index in [0.29, 0.717) is 17.5 Å². The number of nitrogens with one attached hydrogen (secondary N) is 2. The monoisotopic (exact) mass is 368 g/mol.